The van der Waals surface area contributed by atoms with E-state index in [2.05, 4.69) is 5.32 Å². The Balaban J connectivity index is 1.77. The summed E-state index contributed by atoms with van der Waals surface area (Å²) >= 11 is 18.4. The highest BCUT2D eigenvalue weighted by Gasteiger charge is 2.47. The number of nitrogens with one attached hydrogen (secondary N) is 1. The zero-order valence-corrected chi connectivity index (χ0v) is 17.7. The summed E-state index contributed by atoms with van der Waals surface area (Å²) in [4.78, 5) is 27.5. The summed E-state index contributed by atoms with van der Waals surface area (Å²) in [6, 6.07) is 12.4. The first-order valence-corrected chi connectivity index (χ1v) is 10.3. The van der Waals surface area contributed by atoms with Crippen LogP contribution in [0.2, 0.25) is 15.1 Å². The Kier molecular flexibility index (Phi) is 6.54. The van der Waals surface area contributed by atoms with E-state index >= 15 is 0 Å². The average Bonchev–Trinajstić information content (AvgIpc) is 2.62. The van der Waals surface area contributed by atoms with E-state index in [0.29, 0.717) is 27.3 Å². The predicted molar refractivity (Wildman–Crippen MR) is 114 cm³/mol. The average molecular weight is 440 g/mol. The molecule has 0 unspecified atom stereocenters. The second-order valence-corrected chi connectivity index (χ2v) is 8.16. The Morgan fingerprint density at radius 1 is 1.07 bits per heavy atom. The normalized spacial score (nSPS) is 14.9. The van der Waals surface area contributed by atoms with Crippen molar-refractivity contribution in [2.45, 2.75) is 31.6 Å². The third-order valence-electron chi connectivity index (χ3n) is 5.22. The highest BCUT2D eigenvalue weighted by atomic mass is 35.5. The van der Waals surface area contributed by atoms with Crippen molar-refractivity contribution in [1.82, 2.24) is 4.90 Å². The van der Waals surface area contributed by atoms with Crippen LogP contribution in [0.3, 0.4) is 0 Å². The van der Waals surface area contributed by atoms with Crippen LogP contribution in [0.5, 0.6) is 0 Å². The van der Waals surface area contributed by atoms with Gasteiger partial charge in [-0.15, -0.1) is 0 Å². The molecule has 4 nitrogen and oxygen atoms in total. The number of rotatable bonds is 6. The van der Waals surface area contributed by atoms with Gasteiger partial charge in [0.2, 0.25) is 11.8 Å². The van der Waals surface area contributed by atoms with Crippen molar-refractivity contribution >= 4 is 52.3 Å². The van der Waals surface area contributed by atoms with Crippen molar-refractivity contribution in [3.05, 3.63) is 63.1 Å². The molecule has 0 bridgehead atoms. The fourth-order valence-electron chi connectivity index (χ4n) is 3.54. The molecule has 1 saturated carbocycles. The molecule has 1 aliphatic carbocycles. The number of hydrogen-bond acceptors (Lipinski definition) is 2. The van der Waals surface area contributed by atoms with Crippen LogP contribution in [-0.4, -0.2) is 29.8 Å². The van der Waals surface area contributed by atoms with Gasteiger partial charge in [0.1, 0.15) is 0 Å². The lowest BCUT2D eigenvalue weighted by Crippen LogP contribution is -2.52. The number of nitrogens with zero attached hydrogens (tertiary/aromatic N) is 1. The van der Waals surface area contributed by atoms with Crippen LogP contribution in [0.1, 0.15) is 31.7 Å². The highest BCUT2D eigenvalue weighted by molar-refractivity contribution is 6.39. The van der Waals surface area contributed by atoms with Crippen molar-refractivity contribution in [3.63, 3.8) is 0 Å². The number of benzene rings is 2. The highest BCUT2D eigenvalue weighted by Crippen LogP contribution is 2.45. The minimum absolute atomic E-state index is 0.0519. The molecular weight excluding hydrogens is 419 g/mol. The van der Waals surface area contributed by atoms with Gasteiger partial charge in [-0.2, -0.15) is 0 Å². The largest absolute Gasteiger partial charge is 0.333 e. The number of carbonyl (C=O) groups is 2. The molecule has 1 aliphatic rings. The van der Waals surface area contributed by atoms with Gasteiger partial charge in [0.25, 0.3) is 0 Å². The van der Waals surface area contributed by atoms with Crippen molar-refractivity contribution in [2.75, 3.05) is 18.4 Å². The summed E-state index contributed by atoms with van der Waals surface area (Å²) in [5, 5.41) is 4.02. The van der Waals surface area contributed by atoms with Gasteiger partial charge < -0.3 is 10.2 Å². The van der Waals surface area contributed by atoms with Gasteiger partial charge in [-0.3, -0.25) is 9.59 Å². The summed E-state index contributed by atoms with van der Waals surface area (Å²) in [5.74, 6) is -0.394. The molecule has 28 heavy (non-hydrogen) atoms. The molecule has 3 rings (SSSR count). The van der Waals surface area contributed by atoms with Gasteiger partial charge >= 0.3 is 0 Å². The van der Waals surface area contributed by atoms with E-state index in [0.717, 1.165) is 24.8 Å². The first-order valence-electron chi connectivity index (χ1n) is 9.16. The van der Waals surface area contributed by atoms with E-state index < -0.39 is 5.41 Å². The number of halogens is 3. The molecule has 148 valence electrons. The zero-order chi connectivity index (χ0) is 20.3. The summed E-state index contributed by atoms with van der Waals surface area (Å²) in [6.07, 6.45) is 2.47. The lowest BCUT2D eigenvalue weighted by atomic mass is 9.63. The third kappa shape index (κ3) is 4.14. The van der Waals surface area contributed by atoms with E-state index in [9.17, 15) is 9.59 Å². The molecule has 0 radical (unpaired) electrons. The fraction of sp³-hybridized carbons (Fsp3) is 0.333. The van der Waals surface area contributed by atoms with Crippen LogP contribution in [0.4, 0.5) is 5.69 Å². The number of hydrogen-bond donors (Lipinski definition) is 1. The summed E-state index contributed by atoms with van der Waals surface area (Å²) in [5.41, 5.74) is 0.653. The molecule has 0 atom stereocenters. The summed E-state index contributed by atoms with van der Waals surface area (Å²) in [7, 11) is 0. The molecule has 0 saturated heterocycles. The Morgan fingerprint density at radius 3 is 2.25 bits per heavy atom. The molecule has 0 heterocycles. The molecule has 2 aromatic carbocycles. The van der Waals surface area contributed by atoms with Crippen molar-refractivity contribution in [3.8, 4) is 0 Å². The topological polar surface area (TPSA) is 49.4 Å². The van der Waals surface area contributed by atoms with Crippen molar-refractivity contribution < 1.29 is 9.59 Å². The van der Waals surface area contributed by atoms with Gasteiger partial charge in [0.05, 0.1) is 27.7 Å². The minimum atomic E-state index is -0.608. The first kappa shape index (κ1) is 21.0. The van der Waals surface area contributed by atoms with Gasteiger partial charge in [0, 0.05) is 11.6 Å². The standard InChI is InChI=1S/C21H21Cl3N2O2/c1-2-26(13-18(27)25-19-16(23)8-4-9-17(19)24)20(28)21(10-5-11-21)14-6-3-7-15(22)12-14/h3-4,6-9,12H,2,5,10-11,13H2,1H3,(H,25,27). The number of para-hydroxylation sites is 1. The molecule has 2 aromatic rings. The lowest BCUT2D eigenvalue weighted by molar-refractivity contribution is -0.143. The van der Waals surface area contributed by atoms with Crippen LogP contribution >= 0.6 is 34.8 Å². The quantitative estimate of drug-likeness (QED) is 0.641. The fourth-order valence-corrected chi connectivity index (χ4v) is 4.22. The van der Waals surface area contributed by atoms with E-state index in [4.69, 9.17) is 34.8 Å². The SMILES string of the molecule is CCN(CC(=O)Nc1c(Cl)cccc1Cl)C(=O)C1(c2cccc(Cl)c2)CCC1. The number of likely N-dealkylation sites (N-methyl/N-ethyl adjacent to an activating group) is 1. The second kappa shape index (κ2) is 8.73. The lowest BCUT2D eigenvalue weighted by Gasteiger charge is -2.43. The molecule has 7 heteroatoms. The summed E-state index contributed by atoms with van der Waals surface area (Å²) in [6.45, 7) is 2.21. The van der Waals surface area contributed by atoms with Crippen LogP contribution in [0, 0.1) is 0 Å². The zero-order valence-electron chi connectivity index (χ0n) is 15.5. The molecule has 0 aromatic heterocycles. The van der Waals surface area contributed by atoms with Gasteiger partial charge in [-0.25, -0.2) is 0 Å². The molecule has 2 amide bonds. The maximum atomic E-state index is 13.4. The number of amides is 2. The van der Waals surface area contributed by atoms with Gasteiger partial charge in [-0.05, 0) is 49.6 Å². The molecular formula is C21H21Cl3N2O2. The Bertz CT molecular complexity index is 877. The second-order valence-electron chi connectivity index (χ2n) is 6.91. The van der Waals surface area contributed by atoms with E-state index in [1.165, 1.54) is 0 Å². The number of carbonyl (C=O) groups excluding carboxylic acids is 2. The molecule has 0 aliphatic heterocycles. The van der Waals surface area contributed by atoms with Crippen LogP contribution in [0.15, 0.2) is 42.5 Å². The predicted octanol–water partition coefficient (Wildman–Crippen LogP) is 5.56. The summed E-state index contributed by atoms with van der Waals surface area (Å²) < 4.78 is 0. The van der Waals surface area contributed by atoms with E-state index in [-0.39, 0.29) is 18.4 Å². The maximum absolute atomic E-state index is 13.4. The van der Waals surface area contributed by atoms with E-state index in [1.807, 2.05) is 25.1 Å². The third-order valence-corrected chi connectivity index (χ3v) is 6.09. The minimum Gasteiger partial charge on any atom is -0.333 e. The van der Waals surface area contributed by atoms with E-state index in [1.54, 1.807) is 29.2 Å². The van der Waals surface area contributed by atoms with Gasteiger partial charge in [-0.1, -0.05) is 59.4 Å². The number of anilines is 1. The Labute approximate surface area is 179 Å². The smallest absolute Gasteiger partial charge is 0.244 e. The van der Waals surface area contributed by atoms with Crippen LogP contribution < -0.4 is 5.32 Å². The maximum Gasteiger partial charge on any atom is 0.244 e. The molecule has 1 N–H and O–H groups in total. The monoisotopic (exact) mass is 438 g/mol. The Hall–Kier alpha value is -1.75. The first-order chi connectivity index (χ1) is 13.4. The van der Waals surface area contributed by atoms with Crippen LogP contribution in [0.25, 0.3) is 0 Å². The van der Waals surface area contributed by atoms with Gasteiger partial charge in [0.15, 0.2) is 0 Å². The Morgan fingerprint density at radius 2 is 1.71 bits per heavy atom. The molecule has 0 spiro atoms. The van der Waals surface area contributed by atoms with Crippen molar-refractivity contribution in [2.24, 2.45) is 0 Å². The molecule has 1 fully saturated rings. The van der Waals surface area contributed by atoms with Crippen LogP contribution in [-0.2, 0) is 15.0 Å². The van der Waals surface area contributed by atoms with Crippen molar-refractivity contribution in [1.29, 1.82) is 0 Å².